The maximum Gasteiger partial charge on any atom is 0.302 e. The quantitative estimate of drug-likeness (QED) is 0.532. The lowest BCUT2D eigenvalue weighted by Crippen LogP contribution is -2.59. The van der Waals surface area contributed by atoms with Crippen LogP contribution in [-0.2, 0) is 14.3 Å². The van der Waals surface area contributed by atoms with E-state index in [1.807, 2.05) is 5.01 Å². The van der Waals surface area contributed by atoms with Crippen LogP contribution in [0.15, 0.2) is 0 Å². The van der Waals surface area contributed by atoms with Crippen LogP contribution in [0.25, 0.3) is 0 Å². The van der Waals surface area contributed by atoms with Crippen molar-refractivity contribution in [3.05, 3.63) is 0 Å². The van der Waals surface area contributed by atoms with Crippen LogP contribution >= 0.6 is 24.8 Å². The molecule has 27 heavy (non-hydrogen) atoms. The van der Waals surface area contributed by atoms with Gasteiger partial charge in [0.05, 0.1) is 0 Å². The first kappa shape index (κ1) is 24.4. The fourth-order valence-corrected chi connectivity index (χ4v) is 4.53. The van der Waals surface area contributed by atoms with Gasteiger partial charge in [0, 0.05) is 45.2 Å². The molecule has 1 saturated carbocycles. The molecule has 3 aliphatic rings. The molecule has 0 bridgehead atoms. The molecule has 158 valence electrons. The van der Waals surface area contributed by atoms with Crippen molar-refractivity contribution < 1.29 is 14.3 Å². The van der Waals surface area contributed by atoms with Crippen molar-refractivity contribution in [2.45, 2.75) is 63.6 Å². The summed E-state index contributed by atoms with van der Waals surface area (Å²) in [6.45, 7) is 7.63. The van der Waals surface area contributed by atoms with Gasteiger partial charge in [0.15, 0.2) is 0 Å². The first-order chi connectivity index (χ1) is 12.2. The van der Waals surface area contributed by atoms with E-state index >= 15 is 0 Å². The summed E-state index contributed by atoms with van der Waals surface area (Å²) in [5, 5.41) is 7.57. The highest BCUT2D eigenvalue weighted by molar-refractivity contribution is 5.85. The molecule has 3 rings (SSSR count). The maximum absolute atomic E-state index is 11.7. The number of halogens is 2. The summed E-state index contributed by atoms with van der Waals surface area (Å²) in [4.78, 5) is 25.4. The lowest BCUT2D eigenvalue weighted by atomic mass is 9.92. The Kier molecular flexibility index (Phi) is 10.9. The van der Waals surface area contributed by atoms with Crippen LogP contribution in [0.2, 0.25) is 0 Å². The number of hydrazine groups is 1. The van der Waals surface area contributed by atoms with E-state index in [4.69, 9.17) is 4.74 Å². The van der Waals surface area contributed by atoms with Gasteiger partial charge in [0.1, 0.15) is 6.10 Å². The number of nitrogens with zero attached hydrogens (tertiary/aromatic N) is 3. The Balaban J connectivity index is 0.00000182. The van der Waals surface area contributed by atoms with Crippen LogP contribution in [0.4, 0.5) is 0 Å². The molecule has 1 amide bonds. The number of carbonyl (C=O) groups is 2. The molecule has 9 heteroatoms. The second-order valence-corrected chi connectivity index (χ2v) is 7.50. The molecule has 7 nitrogen and oxygen atoms in total. The topological polar surface area (TPSA) is 65.1 Å². The Bertz CT molecular complexity index is 450. The summed E-state index contributed by atoms with van der Waals surface area (Å²) < 4.78 is 5.31. The average molecular weight is 425 g/mol. The number of piperidine rings is 1. The lowest BCUT2D eigenvalue weighted by molar-refractivity contribution is -0.156. The lowest BCUT2D eigenvalue weighted by Gasteiger charge is -2.46. The summed E-state index contributed by atoms with van der Waals surface area (Å²) in [7, 11) is 0. The second kappa shape index (κ2) is 12.1. The molecule has 2 heterocycles. The van der Waals surface area contributed by atoms with E-state index in [-0.39, 0.29) is 42.9 Å². The molecule has 0 aromatic heterocycles. The molecule has 2 aliphatic heterocycles. The average Bonchev–Trinajstić information content (AvgIpc) is 2.65. The number of hydrogen-bond acceptors (Lipinski definition) is 6. The first-order valence-electron chi connectivity index (χ1n) is 9.78. The maximum atomic E-state index is 11.7. The Morgan fingerprint density at radius 3 is 2.11 bits per heavy atom. The van der Waals surface area contributed by atoms with E-state index < -0.39 is 0 Å². The fourth-order valence-electron chi connectivity index (χ4n) is 4.53. The van der Waals surface area contributed by atoms with E-state index in [0.717, 1.165) is 71.4 Å². The van der Waals surface area contributed by atoms with Gasteiger partial charge >= 0.3 is 5.97 Å². The summed E-state index contributed by atoms with van der Waals surface area (Å²) in [6.07, 6.45) is 7.01. The van der Waals surface area contributed by atoms with Crippen molar-refractivity contribution in [3.8, 4) is 0 Å². The van der Waals surface area contributed by atoms with Crippen LogP contribution in [0.3, 0.4) is 0 Å². The number of amides is 1. The van der Waals surface area contributed by atoms with Crippen molar-refractivity contribution in [1.29, 1.82) is 0 Å². The first-order valence-corrected chi connectivity index (χ1v) is 9.78. The zero-order valence-corrected chi connectivity index (χ0v) is 17.8. The van der Waals surface area contributed by atoms with Gasteiger partial charge in [0.25, 0.3) is 0 Å². The Morgan fingerprint density at radius 2 is 1.59 bits per heavy atom. The SMILES string of the molecule is CC(=O)OC1CCC(N(C=O)N2CCN(C3CCNCC3)CC2)CC1.Cl.Cl. The largest absolute Gasteiger partial charge is 0.463 e. The number of nitrogens with one attached hydrogen (secondary N) is 1. The van der Waals surface area contributed by atoms with E-state index in [1.54, 1.807) is 0 Å². The van der Waals surface area contributed by atoms with E-state index in [1.165, 1.54) is 19.8 Å². The minimum Gasteiger partial charge on any atom is -0.463 e. The van der Waals surface area contributed by atoms with Crippen LogP contribution in [-0.4, -0.2) is 84.8 Å². The smallest absolute Gasteiger partial charge is 0.302 e. The zero-order chi connectivity index (χ0) is 17.6. The van der Waals surface area contributed by atoms with E-state index in [0.29, 0.717) is 6.04 Å². The van der Waals surface area contributed by atoms with Crippen LogP contribution < -0.4 is 5.32 Å². The Labute approximate surface area is 174 Å². The van der Waals surface area contributed by atoms with Crippen molar-refractivity contribution >= 4 is 37.2 Å². The number of esters is 1. The summed E-state index contributed by atoms with van der Waals surface area (Å²) in [6, 6.07) is 0.946. The molecule has 0 spiro atoms. The Hall–Kier alpha value is -0.600. The molecule has 0 atom stereocenters. The predicted molar refractivity (Wildman–Crippen MR) is 109 cm³/mol. The third kappa shape index (κ3) is 6.75. The third-order valence-electron chi connectivity index (χ3n) is 5.90. The minimum absolute atomic E-state index is 0. The second-order valence-electron chi connectivity index (χ2n) is 7.50. The van der Waals surface area contributed by atoms with Crippen molar-refractivity contribution in [2.75, 3.05) is 39.3 Å². The van der Waals surface area contributed by atoms with Gasteiger partial charge in [-0.3, -0.25) is 19.5 Å². The summed E-state index contributed by atoms with van der Waals surface area (Å²) in [5.74, 6) is -0.204. The standard InChI is InChI=1S/C18H32N4O3.2ClH/c1-15(24)25-18-4-2-17(3-5-18)22(14-23)21-12-10-20(11-13-21)16-6-8-19-9-7-16;;/h14,16-19H,2-13H2,1H3;2*1H. The van der Waals surface area contributed by atoms with Crippen molar-refractivity contribution in [1.82, 2.24) is 20.2 Å². The molecule has 3 fully saturated rings. The molecular formula is C18H34Cl2N4O3. The highest BCUT2D eigenvalue weighted by atomic mass is 35.5. The number of carbonyl (C=O) groups excluding carboxylic acids is 2. The highest BCUT2D eigenvalue weighted by Crippen LogP contribution is 2.26. The third-order valence-corrected chi connectivity index (χ3v) is 5.90. The van der Waals surface area contributed by atoms with Gasteiger partial charge in [-0.2, -0.15) is 0 Å². The van der Waals surface area contributed by atoms with Gasteiger partial charge in [-0.05, 0) is 51.6 Å². The molecule has 0 aromatic rings. The molecule has 0 radical (unpaired) electrons. The Morgan fingerprint density at radius 1 is 1.00 bits per heavy atom. The number of rotatable bonds is 5. The molecule has 0 unspecified atom stereocenters. The normalized spacial score (nSPS) is 27.7. The minimum atomic E-state index is -0.204. The predicted octanol–water partition coefficient (Wildman–Crippen LogP) is 1.45. The van der Waals surface area contributed by atoms with Crippen molar-refractivity contribution in [3.63, 3.8) is 0 Å². The van der Waals surface area contributed by atoms with Crippen LogP contribution in [0.5, 0.6) is 0 Å². The van der Waals surface area contributed by atoms with Gasteiger partial charge < -0.3 is 10.1 Å². The molecule has 1 aliphatic carbocycles. The summed E-state index contributed by atoms with van der Waals surface area (Å²) in [5.41, 5.74) is 0. The summed E-state index contributed by atoms with van der Waals surface area (Å²) >= 11 is 0. The molecule has 2 saturated heterocycles. The van der Waals surface area contributed by atoms with Crippen molar-refractivity contribution in [2.24, 2.45) is 0 Å². The number of piperazine rings is 1. The molecule has 1 N–H and O–H groups in total. The fraction of sp³-hybridized carbons (Fsp3) is 0.889. The highest BCUT2D eigenvalue weighted by Gasteiger charge is 2.32. The number of ether oxygens (including phenoxy) is 1. The van der Waals surface area contributed by atoms with Gasteiger partial charge in [-0.1, -0.05) is 0 Å². The van der Waals surface area contributed by atoms with Crippen LogP contribution in [0, 0.1) is 0 Å². The van der Waals surface area contributed by atoms with Gasteiger partial charge in [-0.15, -0.1) is 24.8 Å². The molecular weight excluding hydrogens is 391 g/mol. The van der Waals surface area contributed by atoms with E-state index in [2.05, 4.69) is 15.2 Å². The zero-order valence-electron chi connectivity index (χ0n) is 16.2. The van der Waals surface area contributed by atoms with E-state index in [9.17, 15) is 9.59 Å². The monoisotopic (exact) mass is 424 g/mol. The van der Waals surface area contributed by atoms with Crippen LogP contribution in [0.1, 0.15) is 45.4 Å². The molecule has 0 aromatic carbocycles. The van der Waals surface area contributed by atoms with Gasteiger partial charge in [-0.25, -0.2) is 5.01 Å². The number of hydrogen-bond donors (Lipinski definition) is 1. The van der Waals surface area contributed by atoms with Gasteiger partial charge in [0.2, 0.25) is 6.41 Å².